The molecule has 1 fully saturated rings. The zero-order chi connectivity index (χ0) is 24.7. The van der Waals surface area contributed by atoms with Gasteiger partial charge in [0, 0.05) is 30.4 Å². The van der Waals surface area contributed by atoms with Gasteiger partial charge in [0.25, 0.3) is 0 Å². The summed E-state index contributed by atoms with van der Waals surface area (Å²) in [7, 11) is 0. The van der Waals surface area contributed by atoms with E-state index in [1.807, 2.05) is 0 Å². The first-order valence-corrected chi connectivity index (χ1v) is 13.9. The first kappa shape index (κ1) is 24.8. The van der Waals surface area contributed by atoms with Gasteiger partial charge < -0.3 is 15.0 Å². The molecule has 3 aliphatic carbocycles. The van der Waals surface area contributed by atoms with Gasteiger partial charge in [0.2, 0.25) is 0 Å². The van der Waals surface area contributed by atoms with Gasteiger partial charge in [0.15, 0.2) is 0 Å². The predicted octanol–water partition coefficient (Wildman–Crippen LogP) is 6.07. The van der Waals surface area contributed by atoms with Gasteiger partial charge in [-0.3, -0.25) is 4.99 Å². The monoisotopic (exact) mass is 483 g/mol. The largest absolute Gasteiger partial charge is 0.498 e. The molecule has 5 rings (SSSR count). The van der Waals surface area contributed by atoms with Gasteiger partial charge >= 0.3 is 0 Å². The summed E-state index contributed by atoms with van der Waals surface area (Å²) in [5, 5.41) is 3.65. The third-order valence-electron chi connectivity index (χ3n) is 7.92. The Morgan fingerprint density at radius 2 is 1.94 bits per heavy atom. The second-order valence-electron chi connectivity index (χ2n) is 10.3. The number of aliphatic imine (C=N–C) groups is 1. The molecular weight excluding hydrogens is 442 g/mol. The quantitative estimate of drug-likeness (QED) is 0.303. The van der Waals surface area contributed by atoms with Crippen LogP contribution in [0.3, 0.4) is 0 Å². The van der Waals surface area contributed by atoms with Gasteiger partial charge in [-0.25, -0.2) is 0 Å². The lowest BCUT2D eigenvalue weighted by Gasteiger charge is -2.23. The minimum atomic E-state index is 0.317. The smallest absolute Gasteiger partial charge is 0.125 e. The average molecular weight is 484 g/mol. The second-order valence-corrected chi connectivity index (χ2v) is 10.3. The summed E-state index contributed by atoms with van der Waals surface area (Å²) in [6, 6.07) is 0.317. The van der Waals surface area contributed by atoms with Crippen LogP contribution in [-0.2, 0) is 4.74 Å². The molecule has 0 amide bonds. The molecule has 5 aliphatic rings. The SMILES string of the molecule is CCN(CC)CCCOC1=CC=C(C2=CC3C4=CC(C=CC5C=CC=CC5)CN=C4NC3C=C2)CC1. The van der Waals surface area contributed by atoms with Crippen molar-refractivity contribution in [1.29, 1.82) is 0 Å². The van der Waals surface area contributed by atoms with Crippen molar-refractivity contribution in [3.63, 3.8) is 0 Å². The van der Waals surface area contributed by atoms with E-state index in [2.05, 4.69) is 97.0 Å². The number of allylic oxidation sites excluding steroid dienone is 11. The van der Waals surface area contributed by atoms with Gasteiger partial charge in [0.05, 0.1) is 25.0 Å². The van der Waals surface area contributed by atoms with E-state index in [0.717, 1.165) is 70.1 Å². The Morgan fingerprint density at radius 3 is 2.72 bits per heavy atom. The summed E-state index contributed by atoms with van der Waals surface area (Å²) in [6.45, 7) is 9.43. The number of dihydropyridines is 1. The summed E-state index contributed by atoms with van der Waals surface area (Å²) in [5.74, 6) is 3.47. The van der Waals surface area contributed by atoms with Crippen molar-refractivity contribution in [2.75, 3.05) is 32.8 Å². The van der Waals surface area contributed by atoms with Crippen molar-refractivity contribution in [3.05, 3.63) is 95.4 Å². The molecule has 2 aliphatic heterocycles. The maximum absolute atomic E-state index is 6.08. The number of rotatable bonds is 10. The van der Waals surface area contributed by atoms with Crippen LogP contribution in [0, 0.1) is 17.8 Å². The first-order valence-electron chi connectivity index (χ1n) is 13.9. The molecule has 0 radical (unpaired) electrons. The number of ether oxygens (including phenoxy) is 1. The van der Waals surface area contributed by atoms with Crippen LogP contribution in [0.4, 0.5) is 0 Å². The van der Waals surface area contributed by atoms with Crippen molar-refractivity contribution < 1.29 is 4.74 Å². The van der Waals surface area contributed by atoms with E-state index in [9.17, 15) is 0 Å². The van der Waals surface area contributed by atoms with Crippen LogP contribution in [0.1, 0.15) is 39.5 Å². The number of hydrogen-bond donors (Lipinski definition) is 1. The van der Waals surface area contributed by atoms with Crippen molar-refractivity contribution >= 4 is 5.84 Å². The molecule has 4 atom stereocenters. The number of fused-ring (bicyclic) bond motifs is 3. The fraction of sp³-hybridized carbons (Fsp3) is 0.469. The van der Waals surface area contributed by atoms with Crippen LogP contribution < -0.4 is 5.32 Å². The topological polar surface area (TPSA) is 36.9 Å². The van der Waals surface area contributed by atoms with Crippen LogP contribution in [0.5, 0.6) is 0 Å². The molecule has 4 heteroatoms. The molecule has 0 aromatic rings. The maximum atomic E-state index is 6.08. The fourth-order valence-corrected chi connectivity index (χ4v) is 5.68. The Labute approximate surface area is 217 Å². The van der Waals surface area contributed by atoms with Gasteiger partial charge in [-0.1, -0.05) is 80.7 Å². The molecule has 190 valence electrons. The molecule has 2 heterocycles. The summed E-state index contributed by atoms with van der Waals surface area (Å²) >= 11 is 0. The summed E-state index contributed by atoms with van der Waals surface area (Å²) < 4.78 is 6.08. The molecule has 4 nitrogen and oxygen atoms in total. The third kappa shape index (κ3) is 5.92. The predicted molar refractivity (Wildman–Crippen MR) is 151 cm³/mol. The fourth-order valence-electron chi connectivity index (χ4n) is 5.68. The molecule has 4 unspecified atom stereocenters. The number of amidine groups is 1. The lowest BCUT2D eigenvalue weighted by molar-refractivity contribution is 0.178. The van der Waals surface area contributed by atoms with E-state index < -0.39 is 0 Å². The Bertz CT molecular complexity index is 1080. The minimum absolute atomic E-state index is 0.317. The highest BCUT2D eigenvalue weighted by Crippen LogP contribution is 2.37. The molecule has 0 bridgehead atoms. The number of nitrogens with zero attached hydrogens (tertiary/aromatic N) is 2. The van der Waals surface area contributed by atoms with E-state index in [-0.39, 0.29) is 0 Å². The highest BCUT2D eigenvalue weighted by molar-refractivity contribution is 6.03. The highest BCUT2D eigenvalue weighted by atomic mass is 16.5. The molecule has 1 N–H and O–H groups in total. The summed E-state index contributed by atoms with van der Waals surface area (Å²) in [5.41, 5.74) is 4.13. The van der Waals surface area contributed by atoms with E-state index in [1.165, 1.54) is 16.7 Å². The van der Waals surface area contributed by atoms with Crippen molar-refractivity contribution in [1.82, 2.24) is 10.2 Å². The maximum Gasteiger partial charge on any atom is 0.125 e. The van der Waals surface area contributed by atoms with Crippen LogP contribution >= 0.6 is 0 Å². The van der Waals surface area contributed by atoms with Crippen LogP contribution in [-0.4, -0.2) is 49.6 Å². The zero-order valence-corrected chi connectivity index (χ0v) is 21.9. The van der Waals surface area contributed by atoms with E-state index in [0.29, 0.717) is 23.8 Å². The molecule has 0 aromatic carbocycles. The standard InChI is InChI=1S/C32H41N3O/c1-3-35(4-2)19-8-20-36-28-16-13-26(14-17-28)27-15-18-31-29(22-27)30-21-25(23-33-32(30)34-31)12-11-24-9-6-5-7-10-24/h5-7,9,11-13,15-16,18,21-22,24-25,29,31H,3-4,8,10,14,17,19-20,23H2,1-2H3,(H,33,34). The van der Waals surface area contributed by atoms with Crippen molar-refractivity contribution in [2.45, 2.75) is 45.6 Å². The van der Waals surface area contributed by atoms with Crippen LogP contribution in [0.25, 0.3) is 0 Å². The van der Waals surface area contributed by atoms with Gasteiger partial charge in [0.1, 0.15) is 5.84 Å². The van der Waals surface area contributed by atoms with E-state index >= 15 is 0 Å². The Balaban J connectivity index is 1.20. The minimum Gasteiger partial charge on any atom is -0.498 e. The molecule has 0 aromatic heterocycles. The van der Waals surface area contributed by atoms with Crippen LogP contribution in [0.2, 0.25) is 0 Å². The van der Waals surface area contributed by atoms with Gasteiger partial charge in [-0.2, -0.15) is 0 Å². The molecular formula is C32H41N3O. The lowest BCUT2D eigenvalue weighted by Crippen LogP contribution is -2.28. The Hall–Kier alpha value is -2.85. The molecule has 0 saturated carbocycles. The molecule has 1 saturated heterocycles. The highest BCUT2D eigenvalue weighted by Gasteiger charge is 2.36. The van der Waals surface area contributed by atoms with Crippen LogP contribution in [0.15, 0.2) is 100 Å². The Morgan fingerprint density at radius 1 is 1.06 bits per heavy atom. The normalized spacial score (nSPS) is 28.7. The number of nitrogens with one attached hydrogen (secondary N) is 1. The van der Waals surface area contributed by atoms with Crippen molar-refractivity contribution in [3.8, 4) is 0 Å². The van der Waals surface area contributed by atoms with Gasteiger partial charge in [-0.15, -0.1) is 0 Å². The van der Waals surface area contributed by atoms with E-state index in [4.69, 9.17) is 9.73 Å². The van der Waals surface area contributed by atoms with Gasteiger partial charge in [-0.05, 0) is 55.5 Å². The summed E-state index contributed by atoms with van der Waals surface area (Å²) in [4.78, 5) is 7.36. The van der Waals surface area contributed by atoms with E-state index in [1.54, 1.807) is 0 Å². The van der Waals surface area contributed by atoms with Crippen molar-refractivity contribution in [2.24, 2.45) is 22.7 Å². The second kappa shape index (κ2) is 11.9. The number of hydrogen-bond acceptors (Lipinski definition) is 4. The molecule has 36 heavy (non-hydrogen) atoms. The summed E-state index contributed by atoms with van der Waals surface area (Å²) in [6.07, 6.45) is 31.7. The third-order valence-corrected chi connectivity index (χ3v) is 7.92. The lowest BCUT2D eigenvalue weighted by atomic mass is 9.83. The Kier molecular flexibility index (Phi) is 8.22. The zero-order valence-electron chi connectivity index (χ0n) is 21.9. The molecule has 0 spiro atoms. The average Bonchev–Trinajstić information content (AvgIpc) is 3.30. The first-order chi connectivity index (χ1) is 17.7.